The van der Waals surface area contributed by atoms with Crippen LogP contribution in [0.3, 0.4) is 0 Å². The lowest BCUT2D eigenvalue weighted by Crippen LogP contribution is -2.24. The van der Waals surface area contributed by atoms with E-state index in [1.807, 2.05) is 36.4 Å². The lowest BCUT2D eigenvalue weighted by Gasteiger charge is -2.09. The molecule has 1 heterocycles. The van der Waals surface area contributed by atoms with Gasteiger partial charge in [0.2, 0.25) is 0 Å². The standard InChI is InChI=1S/C17H23NO2/c1-4-12(2)18-11-16-9-10-17(20-16)15-7-5-14(6-8-15)13(3)19/h5-10,12-13,18-19H,4,11H2,1-3H3. The molecule has 0 saturated heterocycles. The van der Waals surface area contributed by atoms with E-state index >= 15 is 0 Å². The molecule has 0 aliphatic heterocycles. The molecule has 3 heteroatoms. The van der Waals surface area contributed by atoms with Crippen molar-refractivity contribution >= 4 is 0 Å². The quantitative estimate of drug-likeness (QED) is 0.839. The van der Waals surface area contributed by atoms with Crippen LogP contribution in [0.1, 0.15) is 44.6 Å². The fourth-order valence-electron chi connectivity index (χ4n) is 1.97. The number of aliphatic hydroxyl groups is 1. The van der Waals surface area contributed by atoms with Gasteiger partial charge in [-0.25, -0.2) is 0 Å². The normalized spacial score (nSPS) is 14.2. The predicted molar refractivity (Wildman–Crippen MR) is 81.4 cm³/mol. The number of hydrogen-bond acceptors (Lipinski definition) is 3. The average molecular weight is 273 g/mol. The van der Waals surface area contributed by atoms with Crippen molar-refractivity contribution in [1.82, 2.24) is 5.32 Å². The first-order valence-electron chi connectivity index (χ1n) is 7.20. The van der Waals surface area contributed by atoms with Crippen molar-refractivity contribution in [2.24, 2.45) is 0 Å². The highest BCUT2D eigenvalue weighted by atomic mass is 16.3. The van der Waals surface area contributed by atoms with Crippen molar-refractivity contribution in [2.45, 2.75) is 45.9 Å². The first-order valence-corrected chi connectivity index (χ1v) is 7.20. The lowest BCUT2D eigenvalue weighted by atomic mass is 10.1. The third-order valence-electron chi connectivity index (χ3n) is 3.58. The van der Waals surface area contributed by atoms with E-state index in [-0.39, 0.29) is 0 Å². The van der Waals surface area contributed by atoms with Gasteiger partial charge in [-0.15, -0.1) is 0 Å². The monoisotopic (exact) mass is 273 g/mol. The van der Waals surface area contributed by atoms with Crippen molar-refractivity contribution in [1.29, 1.82) is 0 Å². The number of aliphatic hydroxyl groups excluding tert-OH is 1. The summed E-state index contributed by atoms with van der Waals surface area (Å²) < 4.78 is 5.84. The van der Waals surface area contributed by atoms with E-state index in [2.05, 4.69) is 19.2 Å². The van der Waals surface area contributed by atoms with Crippen molar-refractivity contribution in [3.8, 4) is 11.3 Å². The average Bonchev–Trinajstić information content (AvgIpc) is 2.93. The molecule has 1 aromatic heterocycles. The summed E-state index contributed by atoms with van der Waals surface area (Å²) in [6.07, 6.45) is 0.671. The molecule has 0 radical (unpaired) electrons. The van der Waals surface area contributed by atoms with E-state index in [9.17, 15) is 5.11 Å². The Labute approximate surface area is 120 Å². The van der Waals surface area contributed by atoms with E-state index in [1.54, 1.807) is 6.92 Å². The summed E-state index contributed by atoms with van der Waals surface area (Å²) in [5, 5.41) is 12.9. The van der Waals surface area contributed by atoms with E-state index in [4.69, 9.17) is 4.42 Å². The number of nitrogens with one attached hydrogen (secondary N) is 1. The van der Waals surface area contributed by atoms with E-state index in [0.29, 0.717) is 6.04 Å². The number of hydrogen-bond donors (Lipinski definition) is 2. The van der Waals surface area contributed by atoms with Crippen LogP contribution in [0.15, 0.2) is 40.8 Å². The minimum absolute atomic E-state index is 0.434. The first kappa shape index (κ1) is 14.8. The van der Waals surface area contributed by atoms with Crippen LogP contribution in [0, 0.1) is 0 Å². The van der Waals surface area contributed by atoms with Crippen molar-refractivity contribution in [3.05, 3.63) is 47.7 Å². The van der Waals surface area contributed by atoms with Gasteiger partial charge in [-0.05, 0) is 38.0 Å². The molecular weight excluding hydrogens is 250 g/mol. The summed E-state index contributed by atoms with van der Waals surface area (Å²) in [5.41, 5.74) is 1.95. The molecule has 3 nitrogen and oxygen atoms in total. The molecule has 2 aromatic rings. The minimum Gasteiger partial charge on any atom is -0.460 e. The fourth-order valence-corrected chi connectivity index (χ4v) is 1.97. The Hall–Kier alpha value is -1.58. The van der Waals surface area contributed by atoms with Gasteiger partial charge in [0.25, 0.3) is 0 Å². The van der Waals surface area contributed by atoms with Crippen LogP contribution in [0.2, 0.25) is 0 Å². The zero-order valence-electron chi connectivity index (χ0n) is 12.4. The summed E-state index contributed by atoms with van der Waals surface area (Å²) in [6, 6.07) is 12.3. The predicted octanol–water partition coefficient (Wildman–Crippen LogP) is 3.89. The number of rotatable bonds is 6. The topological polar surface area (TPSA) is 45.4 Å². The van der Waals surface area contributed by atoms with Crippen LogP contribution in [0.4, 0.5) is 0 Å². The second-order valence-corrected chi connectivity index (χ2v) is 5.25. The van der Waals surface area contributed by atoms with Gasteiger partial charge in [0.05, 0.1) is 12.6 Å². The molecule has 0 aliphatic carbocycles. The maximum absolute atomic E-state index is 9.50. The van der Waals surface area contributed by atoms with Crippen molar-refractivity contribution in [2.75, 3.05) is 0 Å². The highest BCUT2D eigenvalue weighted by molar-refractivity contribution is 5.58. The second-order valence-electron chi connectivity index (χ2n) is 5.25. The Bertz CT molecular complexity index is 528. The molecule has 0 fully saturated rings. The maximum atomic E-state index is 9.50. The molecule has 0 spiro atoms. The summed E-state index contributed by atoms with van der Waals surface area (Å²) in [4.78, 5) is 0. The molecule has 2 unspecified atom stereocenters. The molecule has 0 bridgehead atoms. The van der Waals surface area contributed by atoms with Gasteiger partial charge in [-0.2, -0.15) is 0 Å². The largest absolute Gasteiger partial charge is 0.460 e. The molecule has 2 rings (SSSR count). The van der Waals surface area contributed by atoms with Gasteiger partial charge < -0.3 is 14.8 Å². The van der Waals surface area contributed by atoms with Gasteiger partial charge in [-0.1, -0.05) is 31.2 Å². The molecule has 108 valence electrons. The van der Waals surface area contributed by atoms with Gasteiger partial charge in [-0.3, -0.25) is 0 Å². The van der Waals surface area contributed by atoms with Crippen LogP contribution >= 0.6 is 0 Å². The zero-order valence-corrected chi connectivity index (χ0v) is 12.4. The molecule has 0 saturated carbocycles. The molecule has 1 aromatic carbocycles. The Morgan fingerprint density at radius 1 is 1.10 bits per heavy atom. The smallest absolute Gasteiger partial charge is 0.134 e. The van der Waals surface area contributed by atoms with Gasteiger partial charge in [0.15, 0.2) is 0 Å². The molecule has 0 amide bonds. The Balaban J connectivity index is 2.04. The molecule has 20 heavy (non-hydrogen) atoms. The second kappa shape index (κ2) is 6.73. The number of furan rings is 1. The maximum Gasteiger partial charge on any atom is 0.134 e. The Morgan fingerprint density at radius 3 is 2.40 bits per heavy atom. The molecule has 2 atom stereocenters. The van der Waals surface area contributed by atoms with Crippen molar-refractivity contribution in [3.63, 3.8) is 0 Å². The van der Waals surface area contributed by atoms with Crippen LogP contribution in [0.25, 0.3) is 11.3 Å². The Kier molecular flexibility index (Phi) is 4.99. The molecule has 2 N–H and O–H groups in total. The molecular formula is C17H23NO2. The van der Waals surface area contributed by atoms with Crippen LogP contribution in [0.5, 0.6) is 0 Å². The van der Waals surface area contributed by atoms with Crippen LogP contribution in [-0.4, -0.2) is 11.1 Å². The fraction of sp³-hybridized carbons (Fsp3) is 0.412. The first-order chi connectivity index (χ1) is 9.60. The van der Waals surface area contributed by atoms with Crippen molar-refractivity contribution < 1.29 is 9.52 Å². The summed E-state index contributed by atoms with van der Waals surface area (Å²) in [7, 11) is 0. The summed E-state index contributed by atoms with van der Waals surface area (Å²) in [6.45, 7) is 6.84. The third kappa shape index (κ3) is 3.71. The SMILES string of the molecule is CCC(C)NCc1ccc(-c2ccc(C(C)O)cc2)o1. The molecule has 0 aliphatic rings. The van der Waals surface area contributed by atoms with Crippen LogP contribution in [-0.2, 0) is 6.54 Å². The highest BCUT2D eigenvalue weighted by Crippen LogP contribution is 2.24. The van der Waals surface area contributed by atoms with Gasteiger partial charge >= 0.3 is 0 Å². The van der Waals surface area contributed by atoms with E-state index < -0.39 is 6.10 Å². The summed E-state index contributed by atoms with van der Waals surface area (Å²) in [5.74, 6) is 1.81. The van der Waals surface area contributed by atoms with Gasteiger partial charge in [0, 0.05) is 11.6 Å². The van der Waals surface area contributed by atoms with Gasteiger partial charge in [0.1, 0.15) is 11.5 Å². The summed E-state index contributed by atoms with van der Waals surface area (Å²) >= 11 is 0. The van der Waals surface area contributed by atoms with E-state index in [1.165, 1.54) is 0 Å². The Morgan fingerprint density at radius 2 is 1.80 bits per heavy atom. The minimum atomic E-state index is -0.434. The lowest BCUT2D eigenvalue weighted by molar-refractivity contribution is 0.199. The van der Waals surface area contributed by atoms with Crippen LogP contribution < -0.4 is 5.32 Å². The highest BCUT2D eigenvalue weighted by Gasteiger charge is 2.07. The van der Waals surface area contributed by atoms with E-state index in [0.717, 1.165) is 35.6 Å². The number of benzene rings is 1. The zero-order chi connectivity index (χ0) is 14.5. The third-order valence-corrected chi connectivity index (χ3v) is 3.58.